The van der Waals surface area contributed by atoms with Crippen LogP contribution in [0.3, 0.4) is 0 Å². The van der Waals surface area contributed by atoms with Gasteiger partial charge in [-0.25, -0.2) is 22.8 Å². The molecule has 0 atom stereocenters. The van der Waals surface area contributed by atoms with Gasteiger partial charge in [-0.05, 0) is 42.0 Å². The Kier molecular flexibility index (Phi) is 7.35. The Hall–Kier alpha value is -4.96. The number of carbonyl (C=O) groups is 1. The lowest BCUT2D eigenvalue weighted by molar-refractivity contribution is -0.119. The van der Waals surface area contributed by atoms with Crippen LogP contribution in [0.2, 0.25) is 0 Å². The lowest BCUT2D eigenvalue weighted by Crippen LogP contribution is -2.42. The quantitative estimate of drug-likeness (QED) is 0.232. The SMILES string of the molecule is Cc1c(N(CC(=O)N/N=C\c2cccc3ccccc23)S(=O)(=O)c2ccccc2)c(=O)n(-c2ccccc2)n1C. The van der Waals surface area contributed by atoms with E-state index in [-0.39, 0.29) is 10.6 Å². The first-order valence-corrected chi connectivity index (χ1v) is 13.9. The van der Waals surface area contributed by atoms with Gasteiger partial charge >= 0.3 is 0 Å². The molecule has 1 amide bonds. The van der Waals surface area contributed by atoms with E-state index in [1.807, 2.05) is 48.5 Å². The van der Waals surface area contributed by atoms with E-state index >= 15 is 0 Å². The van der Waals surface area contributed by atoms with E-state index in [0.717, 1.165) is 20.6 Å². The van der Waals surface area contributed by atoms with Gasteiger partial charge in [0.05, 0.1) is 22.5 Å². The van der Waals surface area contributed by atoms with E-state index < -0.39 is 28.0 Å². The largest absolute Gasteiger partial charge is 0.296 e. The highest BCUT2D eigenvalue weighted by molar-refractivity contribution is 7.92. The molecule has 0 aliphatic rings. The third-order valence-corrected chi connectivity index (χ3v) is 8.37. The van der Waals surface area contributed by atoms with E-state index in [1.54, 1.807) is 61.1 Å². The molecule has 0 fully saturated rings. The van der Waals surface area contributed by atoms with E-state index in [0.29, 0.717) is 11.4 Å². The lowest BCUT2D eigenvalue weighted by atomic mass is 10.1. The fraction of sp³-hybridized carbons (Fsp3) is 0.100. The van der Waals surface area contributed by atoms with Crippen molar-refractivity contribution in [1.82, 2.24) is 14.8 Å². The van der Waals surface area contributed by atoms with Gasteiger partial charge < -0.3 is 0 Å². The first kappa shape index (κ1) is 26.6. The highest BCUT2D eigenvalue weighted by Crippen LogP contribution is 2.25. The minimum atomic E-state index is -4.29. The smallest absolute Gasteiger partial charge is 0.283 e. The standard InChI is InChI=1S/C30H27N5O4S/c1-22-29(30(37)35(33(22)2)25-15-5-3-6-16-25)34(40(38,39)26-17-7-4-8-18-26)21-28(36)32-31-20-24-14-11-13-23-12-9-10-19-27(23)24/h3-20H,21H2,1-2H3,(H,32,36)/b31-20-. The Morgan fingerprint density at radius 2 is 1.52 bits per heavy atom. The van der Waals surface area contributed by atoms with Crippen molar-refractivity contribution in [3.8, 4) is 5.69 Å². The van der Waals surface area contributed by atoms with Crippen molar-refractivity contribution in [3.63, 3.8) is 0 Å². The predicted molar refractivity (Wildman–Crippen MR) is 156 cm³/mol. The van der Waals surface area contributed by atoms with Gasteiger partial charge in [-0.3, -0.25) is 14.3 Å². The number of nitrogens with zero attached hydrogens (tertiary/aromatic N) is 4. The van der Waals surface area contributed by atoms with Crippen molar-refractivity contribution in [2.75, 3.05) is 10.8 Å². The first-order valence-electron chi connectivity index (χ1n) is 12.5. The zero-order chi connectivity index (χ0) is 28.3. The topological polar surface area (TPSA) is 106 Å². The van der Waals surface area contributed by atoms with Crippen LogP contribution in [0.4, 0.5) is 5.69 Å². The van der Waals surface area contributed by atoms with Gasteiger partial charge in [0.15, 0.2) is 0 Å². The van der Waals surface area contributed by atoms with Crippen LogP contribution < -0.4 is 15.3 Å². The number of hydrazone groups is 1. The Bertz CT molecular complexity index is 1870. The van der Waals surface area contributed by atoms with Crippen LogP contribution in [0, 0.1) is 6.92 Å². The van der Waals surface area contributed by atoms with Crippen molar-refractivity contribution in [1.29, 1.82) is 0 Å². The van der Waals surface area contributed by atoms with Crippen LogP contribution in [0.5, 0.6) is 0 Å². The fourth-order valence-corrected chi connectivity index (χ4v) is 6.04. The van der Waals surface area contributed by atoms with Crippen LogP contribution in [0.15, 0.2) is 118 Å². The molecule has 0 saturated heterocycles. The van der Waals surface area contributed by atoms with Crippen molar-refractivity contribution >= 4 is 38.6 Å². The van der Waals surface area contributed by atoms with Crippen LogP contribution in [0.1, 0.15) is 11.3 Å². The molecule has 40 heavy (non-hydrogen) atoms. The monoisotopic (exact) mass is 553 g/mol. The van der Waals surface area contributed by atoms with Gasteiger partial charge in [-0.15, -0.1) is 0 Å². The number of anilines is 1. The van der Waals surface area contributed by atoms with Crippen LogP contribution >= 0.6 is 0 Å². The third-order valence-electron chi connectivity index (χ3n) is 6.61. The first-order chi connectivity index (χ1) is 19.3. The maximum Gasteiger partial charge on any atom is 0.296 e. The summed E-state index contributed by atoms with van der Waals surface area (Å²) in [5.41, 5.74) is 3.45. The minimum Gasteiger partial charge on any atom is -0.283 e. The molecule has 10 heteroatoms. The maximum atomic E-state index is 13.8. The second kappa shape index (κ2) is 11.0. The number of benzene rings is 4. The summed E-state index contributed by atoms with van der Waals surface area (Å²) < 4.78 is 31.4. The van der Waals surface area contributed by atoms with Crippen LogP contribution in [-0.2, 0) is 21.9 Å². The predicted octanol–water partition coefficient (Wildman–Crippen LogP) is 3.98. The zero-order valence-corrected chi connectivity index (χ0v) is 22.7. The van der Waals surface area contributed by atoms with Gasteiger partial charge in [0.2, 0.25) is 0 Å². The van der Waals surface area contributed by atoms with E-state index in [9.17, 15) is 18.0 Å². The molecule has 0 unspecified atom stereocenters. The van der Waals surface area contributed by atoms with E-state index in [1.165, 1.54) is 23.0 Å². The molecule has 202 valence electrons. The molecule has 1 aromatic heterocycles. The normalized spacial score (nSPS) is 11.7. The van der Waals surface area contributed by atoms with Crippen molar-refractivity contribution in [3.05, 3.63) is 125 Å². The number of hydrogen-bond acceptors (Lipinski definition) is 5. The highest BCUT2D eigenvalue weighted by atomic mass is 32.2. The molecule has 0 aliphatic heterocycles. The number of hydrogen-bond donors (Lipinski definition) is 1. The van der Waals surface area contributed by atoms with Gasteiger partial charge in [0.25, 0.3) is 21.5 Å². The zero-order valence-electron chi connectivity index (χ0n) is 21.9. The molecule has 9 nitrogen and oxygen atoms in total. The average molecular weight is 554 g/mol. The van der Waals surface area contributed by atoms with Crippen LogP contribution in [0.25, 0.3) is 16.5 Å². The summed E-state index contributed by atoms with van der Waals surface area (Å²) in [4.78, 5) is 26.8. The molecule has 0 radical (unpaired) electrons. The van der Waals surface area contributed by atoms with Gasteiger partial charge in [0.1, 0.15) is 12.2 Å². The Morgan fingerprint density at radius 1 is 0.900 bits per heavy atom. The number of carbonyl (C=O) groups excluding carboxylic acids is 1. The van der Waals surface area contributed by atoms with Crippen LogP contribution in [-0.4, -0.2) is 36.4 Å². The van der Waals surface area contributed by atoms with Gasteiger partial charge in [-0.1, -0.05) is 78.9 Å². The second-order valence-electron chi connectivity index (χ2n) is 9.10. The lowest BCUT2D eigenvalue weighted by Gasteiger charge is -2.22. The fourth-order valence-electron chi connectivity index (χ4n) is 4.55. The molecule has 0 saturated carbocycles. The summed E-state index contributed by atoms with van der Waals surface area (Å²) in [6.07, 6.45) is 1.51. The Morgan fingerprint density at radius 3 is 2.25 bits per heavy atom. The summed E-state index contributed by atoms with van der Waals surface area (Å²) in [7, 11) is -2.63. The molecular weight excluding hydrogens is 526 g/mol. The number of para-hydroxylation sites is 1. The summed E-state index contributed by atoms with van der Waals surface area (Å²) in [6.45, 7) is 0.985. The Labute approximate surface area is 231 Å². The molecule has 1 N–H and O–H groups in total. The van der Waals surface area contributed by atoms with E-state index in [2.05, 4.69) is 10.5 Å². The van der Waals surface area contributed by atoms with Crippen molar-refractivity contribution in [2.45, 2.75) is 11.8 Å². The van der Waals surface area contributed by atoms with Crippen molar-refractivity contribution < 1.29 is 13.2 Å². The molecule has 0 aliphatic carbocycles. The molecular formula is C30H27N5O4S. The molecule has 0 spiro atoms. The summed E-state index contributed by atoms with van der Waals surface area (Å²) in [5.74, 6) is -0.704. The molecule has 1 heterocycles. The molecule has 0 bridgehead atoms. The number of amides is 1. The summed E-state index contributed by atoms with van der Waals surface area (Å²) in [6, 6.07) is 30.1. The summed E-state index contributed by atoms with van der Waals surface area (Å²) in [5, 5.41) is 6.05. The van der Waals surface area contributed by atoms with Gasteiger partial charge in [-0.2, -0.15) is 5.10 Å². The van der Waals surface area contributed by atoms with E-state index in [4.69, 9.17) is 0 Å². The number of fused-ring (bicyclic) bond motifs is 1. The second-order valence-corrected chi connectivity index (χ2v) is 11.0. The highest BCUT2D eigenvalue weighted by Gasteiger charge is 2.33. The minimum absolute atomic E-state index is 0.0454. The van der Waals surface area contributed by atoms with Gasteiger partial charge in [0, 0.05) is 12.6 Å². The summed E-state index contributed by atoms with van der Waals surface area (Å²) >= 11 is 0. The third kappa shape index (κ3) is 5.04. The number of nitrogens with one attached hydrogen (secondary N) is 1. The Balaban J connectivity index is 1.51. The molecule has 4 aromatic carbocycles. The number of rotatable bonds is 8. The maximum absolute atomic E-state index is 13.8. The average Bonchev–Trinajstić information content (AvgIpc) is 3.19. The number of sulfonamides is 1. The van der Waals surface area contributed by atoms with Crippen molar-refractivity contribution in [2.24, 2.45) is 12.1 Å². The number of aromatic nitrogens is 2. The molecule has 5 aromatic rings. The molecule has 5 rings (SSSR count).